The van der Waals surface area contributed by atoms with Crippen LogP contribution in [0.3, 0.4) is 0 Å². The molecule has 0 aromatic carbocycles. The minimum absolute atomic E-state index is 0.0883. The molecule has 2 aliphatic carbocycles. The van der Waals surface area contributed by atoms with Gasteiger partial charge in [-0.1, -0.05) is 6.42 Å². The van der Waals surface area contributed by atoms with E-state index in [4.69, 9.17) is 10.5 Å². The summed E-state index contributed by atoms with van der Waals surface area (Å²) in [6.45, 7) is 0.648. The molecule has 3 rings (SSSR count). The molecule has 2 aliphatic rings. The minimum Gasteiger partial charge on any atom is -0.464 e. The number of carbonyl (C=O) groups excluding carboxylic acids is 1. The predicted molar refractivity (Wildman–Crippen MR) is 64.3 cm³/mol. The molecule has 2 N–H and O–H groups in total. The van der Waals surface area contributed by atoms with Crippen molar-refractivity contribution in [3.05, 3.63) is 6.33 Å². The molecule has 0 amide bonds. The predicted octanol–water partition coefficient (Wildman–Crippen LogP) is 0.840. The summed E-state index contributed by atoms with van der Waals surface area (Å²) >= 11 is 0. The zero-order valence-corrected chi connectivity index (χ0v) is 10.3. The van der Waals surface area contributed by atoms with Gasteiger partial charge < -0.3 is 10.5 Å². The Morgan fingerprint density at radius 3 is 3.00 bits per heavy atom. The van der Waals surface area contributed by atoms with Crippen LogP contribution in [0.2, 0.25) is 0 Å². The fourth-order valence-electron chi connectivity index (χ4n) is 3.34. The molecule has 6 heteroatoms. The van der Waals surface area contributed by atoms with Gasteiger partial charge in [0.25, 0.3) is 0 Å². The summed E-state index contributed by atoms with van der Waals surface area (Å²) in [6.07, 6.45) is 6.68. The average molecular weight is 250 g/mol. The standard InChI is InChI=1S/C12H18N4O2/c13-12-14-7-16(15-12)5-11(17)18-6-10-4-8-1-2-9(10)3-8/h7-10H,1-6H2,(H2,13,15). The fraction of sp³-hybridized carbons (Fsp3) is 0.750. The number of nitrogens with zero attached hydrogens (tertiary/aromatic N) is 3. The molecule has 3 unspecified atom stereocenters. The Balaban J connectivity index is 1.44. The van der Waals surface area contributed by atoms with Gasteiger partial charge in [-0.25, -0.2) is 9.67 Å². The fourth-order valence-corrected chi connectivity index (χ4v) is 3.34. The highest BCUT2D eigenvalue weighted by Gasteiger charge is 2.39. The molecular formula is C12H18N4O2. The molecule has 2 fully saturated rings. The highest BCUT2D eigenvalue weighted by molar-refractivity contribution is 5.69. The van der Waals surface area contributed by atoms with Gasteiger partial charge in [0.1, 0.15) is 12.9 Å². The number of esters is 1. The molecule has 2 saturated carbocycles. The van der Waals surface area contributed by atoms with Crippen molar-refractivity contribution in [1.82, 2.24) is 14.8 Å². The zero-order valence-electron chi connectivity index (χ0n) is 10.3. The maximum atomic E-state index is 11.6. The Hall–Kier alpha value is -1.59. The van der Waals surface area contributed by atoms with Gasteiger partial charge in [0.15, 0.2) is 0 Å². The van der Waals surface area contributed by atoms with Crippen LogP contribution in [0.4, 0.5) is 5.95 Å². The number of anilines is 1. The van der Waals surface area contributed by atoms with Gasteiger partial charge in [0.2, 0.25) is 5.95 Å². The zero-order chi connectivity index (χ0) is 12.5. The molecule has 0 spiro atoms. The number of rotatable bonds is 4. The van der Waals surface area contributed by atoms with E-state index in [9.17, 15) is 4.79 Å². The third-order valence-corrected chi connectivity index (χ3v) is 4.19. The number of aromatic nitrogens is 3. The van der Waals surface area contributed by atoms with E-state index in [0.717, 1.165) is 11.8 Å². The van der Waals surface area contributed by atoms with E-state index >= 15 is 0 Å². The second kappa shape index (κ2) is 4.59. The van der Waals surface area contributed by atoms with Crippen LogP contribution in [0.25, 0.3) is 0 Å². The number of nitrogen functional groups attached to an aromatic ring is 1. The van der Waals surface area contributed by atoms with Crippen LogP contribution >= 0.6 is 0 Å². The summed E-state index contributed by atoms with van der Waals surface area (Å²) in [5.41, 5.74) is 5.37. The van der Waals surface area contributed by atoms with Gasteiger partial charge in [-0.3, -0.25) is 4.79 Å². The first-order valence-electron chi connectivity index (χ1n) is 6.51. The van der Waals surface area contributed by atoms with Gasteiger partial charge in [0.05, 0.1) is 6.61 Å². The van der Waals surface area contributed by atoms with Crippen molar-refractivity contribution in [3.63, 3.8) is 0 Å². The van der Waals surface area contributed by atoms with E-state index in [-0.39, 0.29) is 18.5 Å². The van der Waals surface area contributed by atoms with Crippen molar-refractivity contribution in [1.29, 1.82) is 0 Å². The summed E-state index contributed by atoms with van der Waals surface area (Å²) in [5.74, 6) is 2.16. The molecule has 6 nitrogen and oxygen atoms in total. The molecule has 1 aromatic heterocycles. The summed E-state index contributed by atoms with van der Waals surface area (Å²) in [5, 5.41) is 3.85. The lowest BCUT2D eigenvalue weighted by molar-refractivity contribution is -0.146. The number of ether oxygens (including phenoxy) is 1. The number of nitrogens with two attached hydrogens (primary N) is 1. The van der Waals surface area contributed by atoms with E-state index in [1.165, 1.54) is 36.7 Å². The van der Waals surface area contributed by atoms with Crippen molar-refractivity contribution in [2.45, 2.75) is 32.2 Å². The Bertz CT molecular complexity index is 445. The largest absolute Gasteiger partial charge is 0.464 e. The maximum absolute atomic E-state index is 11.6. The van der Waals surface area contributed by atoms with E-state index < -0.39 is 0 Å². The minimum atomic E-state index is -0.261. The molecule has 18 heavy (non-hydrogen) atoms. The first kappa shape index (κ1) is 11.5. The smallest absolute Gasteiger partial charge is 0.327 e. The Morgan fingerprint density at radius 1 is 1.50 bits per heavy atom. The SMILES string of the molecule is Nc1ncn(CC(=O)OCC2CC3CCC2C3)n1. The maximum Gasteiger partial charge on any atom is 0.327 e. The summed E-state index contributed by atoms with van der Waals surface area (Å²) in [4.78, 5) is 15.4. The number of hydrogen-bond donors (Lipinski definition) is 1. The Kier molecular flexibility index (Phi) is 2.93. The van der Waals surface area contributed by atoms with Gasteiger partial charge >= 0.3 is 5.97 Å². The average Bonchev–Trinajstić information content (AvgIpc) is 3.03. The van der Waals surface area contributed by atoms with Crippen LogP contribution in [0.1, 0.15) is 25.7 Å². The molecule has 98 valence electrons. The summed E-state index contributed by atoms with van der Waals surface area (Å²) in [7, 11) is 0. The molecule has 2 bridgehead atoms. The highest BCUT2D eigenvalue weighted by Crippen LogP contribution is 2.48. The van der Waals surface area contributed by atoms with Crippen molar-refractivity contribution in [3.8, 4) is 0 Å². The van der Waals surface area contributed by atoms with E-state index in [2.05, 4.69) is 10.1 Å². The lowest BCUT2D eigenvalue weighted by Gasteiger charge is -2.21. The van der Waals surface area contributed by atoms with Crippen LogP contribution in [-0.4, -0.2) is 27.3 Å². The van der Waals surface area contributed by atoms with Crippen molar-refractivity contribution in [2.24, 2.45) is 17.8 Å². The quantitative estimate of drug-likeness (QED) is 0.801. The van der Waals surface area contributed by atoms with Crippen LogP contribution in [0.15, 0.2) is 6.33 Å². The van der Waals surface area contributed by atoms with Gasteiger partial charge in [0, 0.05) is 0 Å². The van der Waals surface area contributed by atoms with E-state index in [1.54, 1.807) is 0 Å². The normalized spacial score (nSPS) is 29.7. The topological polar surface area (TPSA) is 83.0 Å². The molecule has 0 aliphatic heterocycles. The van der Waals surface area contributed by atoms with Crippen LogP contribution in [0, 0.1) is 17.8 Å². The lowest BCUT2D eigenvalue weighted by Crippen LogP contribution is -2.21. The van der Waals surface area contributed by atoms with Gasteiger partial charge in [-0.2, -0.15) is 0 Å². The Labute approximate surface area is 106 Å². The van der Waals surface area contributed by atoms with Gasteiger partial charge in [-0.15, -0.1) is 5.10 Å². The molecule has 0 saturated heterocycles. The van der Waals surface area contributed by atoms with Crippen LogP contribution in [-0.2, 0) is 16.1 Å². The molecule has 1 heterocycles. The number of fused-ring (bicyclic) bond motifs is 2. The number of hydrogen-bond acceptors (Lipinski definition) is 5. The molecular weight excluding hydrogens is 232 g/mol. The van der Waals surface area contributed by atoms with Crippen molar-refractivity contribution >= 4 is 11.9 Å². The van der Waals surface area contributed by atoms with Gasteiger partial charge in [-0.05, 0) is 37.0 Å². The van der Waals surface area contributed by atoms with E-state index in [0.29, 0.717) is 12.5 Å². The van der Waals surface area contributed by atoms with Crippen LogP contribution in [0.5, 0.6) is 0 Å². The van der Waals surface area contributed by atoms with E-state index in [1.807, 2.05) is 0 Å². The first-order valence-corrected chi connectivity index (χ1v) is 6.51. The second-order valence-electron chi connectivity index (χ2n) is 5.42. The molecule has 3 atom stereocenters. The third kappa shape index (κ3) is 2.32. The monoisotopic (exact) mass is 250 g/mol. The lowest BCUT2D eigenvalue weighted by atomic mass is 9.90. The molecule has 0 radical (unpaired) electrons. The molecule has 1 aromatic rings. The van der Waals surface area contributed by atoms with Crippen molar-refractivity contribution in [2.75, 3.05) is 12.3 Å². The third-order valence-electron chi connectivity index (χ3n) is 4.19. The summed E-state index contributed by atoms with van der Waals surface area (Å²) in [6, 6.07) is 0. The Morgan fingerprint density at radius 2 is 2.39 bits per heavy atom. The first-order chi connectivity index (χ1) is 8.70. The van der Waals surface area contributed by atoms with Crippen molar-refractivity contribution < 1.29 is 9.53 Å². The number of carbonyl (C=O) groups is 1. The van der Waals surface area contributed by atoms with Crippen LogP contribution < -0.4 is 5.73 Å². The summed E-state index contributed by atoms with van der Waals surface area (Å²) < 4.78 is 6.72. The highest BCUT2D eigenvalue weighted by atomic mass is 16.5. The second-order valence-corrected chi connectivity index (χ2v) is 5.42.